The van der Waals surface area contributed by atoms with Crippen LogP contribution >= 0.6 is 0 Å². The van der Waals surface area contributed by atoms with Crippen LogP contribution in [0.15, 0.2) is 36.7 Å². The Kier molecular flexibility index (Phi) is 5.67. The van der Waals surface area contributed by atoms with Crippen molar-refractivity contribution >= 4 is 6.03 Å². The molecule has 0 saturated heterocycles. The van der Waals surface area contributed by atoms with E-state index in [1.165, 1.54) is 12.4 Å². The van der Waals surface area contributed by atoms with Gasteiger partial charge >= 0.3 is 12.6 Å². The first-order chi connectivity index (χ1) is 11.0. The summed E-state index contributed by atoms with van der Waals surface area (Å²) in [5.74, 6) is 0.243. The normalized spacial score (nSPS) is 12.2. The summed E-state index contributed by atoms with van der Waals surface area (Å²) in [6.07, 6.45) is 2.78. The summed E-state index contributed by atoms with van der Waals surface area (Å²) in [7, 11) is 0. The van der Waals surface area contributed by atoms with Crippen molar-refractivity contribution in [3.63, 3.8) is 0 Å². The maximum absolute atomic E-state index is 12.7. The van der Waals surface area contributed by atoms with Crippen LogP contribution in [0.4, 0.5) is 13.6 Å². The summed E-state index contributed by atoms with van der Waals surface area (Å²) in [5.41, 5.74) is 2.13. The molecule has 2 amide bonds. The predicted molar refractivity (Wildman–Crippen MR) is 83.3 cm³/mol. The number of imidazole rings is 1. The highest BCUT2D eigenvalue weighted by Gasteiger charge is 2.13. The van der Waals surface area contributed by atoms with Crippen LogP contribution < -0.4 is 10.6 Å². The van der Waals surface area contributed by atoms with Gasteiger partial charge in [0.15, 0.2) is 0 Å². The molecule has 0 fully saturated rings. The molecule has 23 heavy (non-hydrogen) atoms. The van der Waals surface area contributed by atoms with Gasteiger partial charge in [0.25, 0.3) is 0 Å². The number of alkyl halides is 2. The Morgan fingerprint density at radius 1 is 1.35 bits per heavy atom. The second-order valence-corrected chi connectivity index (χ2v) is 5.26. The van der Waals surface area contributed by atoms with E-state index in [1.54, 1.807) is 0 Å². The van der Waals surface area contributed by atoms with Crippen molar-refractivity contribution in [1.29, 1.82) is 0 Å². The first-order valence-electron chi connectivity index (χ1n) is 7.38. The molecule has 124 valence electrons. The van der Waals surface area contributed by atoms with Gasteiger partial charge in [-0.15, -0.1) is 0 Å². The number of benzene rings is 1. The maximum atomic E-state index is 12.7. The molecule has 1 heterocycles. The minimum absolute atomic E-state index is 0.140. The lowest BCUT2D eigenvalue weighted by atomic mass is 10.0. The van der Waals surface area contributed by atoms with Crippen molar-refractivity contribution in [3.8, 4) is 0 Å². The molecule has 1 unspecified atom stereocenters. The number of nitrogens with one attached hydrogen (secondary N) is 2. The van der Waals surface area contributed by atoms with Crippen LogP contribution in [-0.2, 0) is 6.42 Å². The van der Waals surface area contributed by atoms with Crippen molar-refractivity contribution in [1.82, 2.24) is 20.2 Å². The highest BCUT2D eigenvalue weighted by molar-refractivity contribution is 5.74. The van der Waals surface area contributed by atoms with Crippen LogP contribution in [0.3, 0.4) is 0 Å². The number of hydrogen-bond acceptors (Lipinski definition) is 2. The second kappa shape index (κ2) is 7.71. The molecule has 1 aromatic carbocycles. The molecule has 0 bridgehead atoms. The van der Waals surface area contributed by atoms with E-state index in [-0.39, 0.29) is 30.9 Å². The van der Waals surface area contributed by atoms with Crippen LogP contribution in [0, 0.1) is 6.92 Å². The van der Waals surface area contributed by atoms with E-state index in [4.69, 9.17) is 0 Å². The molecule has 0 aliphatic rings. The van der Waals surface area contributed by atoms with Gasteiger partial charge in [-0.1, -0.05) is 24.3 Å². The summed E-state index contributed by atoms with van der Waals surface area (Å²) in [5, 5.41) is 5.49. The van der Waals surface area contributed by atoms with Crippen LogP contribution in [0.25, 0.3) is 0 Å². The number of aryl methyl sites for hydroxylation is 1. The Balaban J connectivity index is 1.81. The first-order valence-corrected chi connectivity index (χ1v) is 7.38. The summed E-state index contributed by atoms with van der Waals surface area (Å²) < 4.78 is 26.1. The molecule has 1 aromatic heterocycles. The van der Waals surface area contributed by atoms with E-state index < -0.39 is 6.55 Å². The molecule has 7 heteroatoms. The van der Waals surface area contributed by atoms with Gasteiger partial charge in [-0.3, -0.25) is 4.57 Å². The van der Waals surface area contributed by atoms with E-state index in [9.17, 15) is 13.6 Å². The average Bonchev–Trinajstić information content (AvgIpc) is 2.96. The lowest BCUT2D eigenvalue weighted by Gasteiger charge is -2.17. The largest absolute Gasteiger partial charge is 0.338 e. The molecule has 5 nitrogen and oxygen atoms in total. The topological polar surface area (TPSA) is 59.0 Å². The van der Waals surface area contributed by atoms with Gasteiger partial charge < -0.3 is 10.6 Å². The average molecular weight is 322 g/mol. The summed E-state index contributed by atoms with van der Waals surface area (Å²) in [6.45, 7) is 1.49. The van der Waals surface area contributed by atoms with E-state index in [1.807, 2.05) is 38.1 Å². The third-order valence-corrected chi connectivity index (χ3v) is 3.60. The Hall–Kier alpha value is -2.44. The summed E-state index contributed by atoms with van der Waals surface area (Å²) in [6, 6.07) is 7.32. The number of nitrogens with zero attached hydrogens (tertiary/aromatic N) is 2. The minimum atomic E-state index is -2.62. The smallest absolute Gasteiger partial charge is 0.319 e. The molecule has 0 saturated carbocycles. The van der Waals surface area contributed by atoms with Gasteiger partial charge in [-0.2, -0.15) is 8.78 Å². The van der Waals surface area contributed by atoms with Crippen LogP contribution in [-0.4, -0.2) is 22.1 Å². The molecular weight excluding hydrogens is 302 g/mol. The maximum Gasteiger partial charge on any atom is 0.319 e. The van der Waals surface area contributed by atoms with E-state index in [0.717, 1.165) is 15.7 Å². The Bertz CT molecular complexity index is 657. The number of hydrogen-bond donors (Lipinski definition) is 2. The Morgan fingerprint density at radius 2 is 2.09 bits per heavy atom. The van der Waals surface area contributed by atoms with E-state index in [2.05, 4.69) is 15.6 Å². The summed E-state index contributed by atoms with van der Waals surface area (Å²) >= 11 is 0. The number of carbonyl (C=O) groups is 1. The van der Waals surface area contributed by atoms with Crippen molar-refractivity contribution in [2.24, 2.45) is 0 Å². The van der Waals surface area contributed by atoms with Crippen molar-refractivity contribution < 1.29 is 13.6 Å². The van der Waals surface area contributed by atoms with Crippen molar-refractivity contribution in [2.75, 3.05) is 6.54 Å². The third kappa shape index (κ3) is 4.51. The zero-order chi connectivity index (χ0) is 16.8. The fourth-order valence-electron chi connectivity index (χ4n) is 2.40. The highest BCUT2D eigenvalue weighted by atomic mass is 19.3. The molecule has 0 aliphatic heterocycles. The molecule has 0 spiro atoms. The van der Waals surface area contributed by atoms with Gasteiger partial charge in [-0.05, 0) is 25.0 Å². The molecule has 2 aromatic rings. The number of urea groups is 1. The molecule has 0 aliphatic carbocycles. The van der Waals surface area contributed by atoms with Gasteiger partial charge in [0.2, 0.25) is 0 Å². The second-order valence-electron chi connectivity index (χ2n) is 5.26. The van der Waals surface area contributed by atoms with Crippen LogP contribution in [0.5, 0.6) is 0 Å². The SMILES string of the molecule is Cc1ccccc1C(C)NC(=O)NCCc1nccn1C(F)F. The monoisotopic (exact) mass is 322 g/mol. The molecule has 1 atom stereocenters. The number of halogens is 2. The van der Waals surface area contributed by atoms with Gasteiger partial charge in [0.1, 0.15) is 5.82 Å². The Morgan fingerprint density at radius 3 is 2.78 bits per heavy atom. The number of rotatable bonds is 6. The van der Waals surface area contributed by atoms with Crippen LogP contribution in [0.2, 0.25) is 0 Å². The van der Waals surface area contributed by atoms with Gasteiger partial charge in [0.05, 0.1) is 6.04 Å². The zero-order valence-corrected chi connectivity index (χ0v) is 13.1. The lowest BCUT2D eigenvalue weighted by molar-refractivity contribution is 0.0670. The van der Waals surface area contributed by atoms with Crippen molar-refractivity contribution in [2.45, 2.75) is 32.9 Å². The fraction of sp³-hybridized carbons (Fsp3) is 0.375. The first kappa shape index (κ1) is 16.9. The Labute approximate surface area is 133 Å². The molecule has 2 N–H and O–H groups in total. The van der Waals surface area contributed by atoms with E-state index in [0.29, 0.717) is 0 Å². The molecule has 2 rings (SSSR count). The van der Waals surface area contributed by atoms with Gasteiger partial charge in [0, 0.05) is 25.4 Å². The molecular formula is C16H20F2N4O. The van der Waals surface area contributed by atoms with Crippen molar-refractivity contribution in [3.05, 3.63) is 53.6 Å². The minimum Gasteiger partial charge on any atom is -0.338 e. The quantitative estimate of drug-likeness (QED) is 0.858. The lowest BCUT2D eigenvalue weighted by Crippen LogP contribution is -2.38. The number of carbonyl (C=O) groups excluding carboxylic acids is 1. The van der Waals surface area contributed by atoms with Gasteiger partial charge in [-0.25, -0.2) is 9.78 Å². The number of amides is 2. The van der Waals surface area contributed by atoms with E-state index >= 15 is 0 Å². The highest BCUT2D eigenvalue weighted by Crippen LogP contribution is 2.16. The fourth-order valence-corrected chi connectivity index (χ4v) is 2.40. The third-order valence-electron chi connectivity index (χ3n) is 3.60. The summed E-state index contributed by atoms with van der Waals surface area (Å²) in [4.78, 5) is 15.8. The number of aromatic nitrogens is 2. The standard InChI is InChI=1S/C16H20F2N4O/c1-11-5-3-4-6-13(11)12(2)21-16(23)20-8-7-14-19-9-10-22(14)15(17)18/h3-6,9-10,12,15H,7-8H2,1-2H3,(H2,20,21,23). The predicted octanol–water partition coefficient (Wildman–Crippen LogP) is 3.19. The zero-order valence-electron chi connectivity index (χ0n) is 13.1. The molecule has 0 radical (unpaired) electrons. The van der Waals surface area contributed by atoms with Crippen LogP contribution in [0.1, 0.15) is 36.5 Å².